The molecule has 150 valence electrons. The third-order valence-corrected chi connectivity index (χ3v) is 7.39. The van der Waals surface area contributed by atoms with Gasteiger partial charge >= 0.3 is 0 Å². The van der Waals surface area contributed by atoms with Gasteiger partial charge in [0, 0.05) is 44.1 Å². The van der Waals surface area contributed by atoms with Crippen molar-refractivity contribution in [3.8, 4) is 0 Å². The van der Waals surface area contributed by atoms with Gasteiger partial charge in [-0.05, 0) is 37.4 Å². The number of fused-ring (bicyclic) bond motifs is 2. The molecule has 6 nitrogen and oxygen atoms in total. The Bertz CT molecular complexity index is 667. The highest BCUT2D eigenvalue weighted by Gasteiger charge is 2.42. The molecule has 0 saturated carbocycles. The van der Waals surface area contributed by atoms with Crippen LogP contribution in [0.3, 0.4) is 0 Å². The monoisotopic (exact) mass is 394 g/mol. The van der Waals surface area contributed by atoms with Crippen molar-refractivity contribution in [1.29, 1.82) is 0 Å². The molecule has 0 aromatic carbocycles. The lowest BCUT2D eigenvalue weighted by Gasteiger charge is -2.43. The van der Waals surface area contributed by atoms with E-state index in [-0.39, 0.29) is 24.2 Å². The van der Waals surface area contributed by atoms with E-state index in [9.17, 15) is 4.79 Å². The molecule has 1 N–H and O–H groups in total. The van der Waals surface area contributed by atoms with Crippen LogP contribution in [0.25, 0.3) is 0 Å². The summed E-state index contributed by atoms with van der Waals surface area (Å²) in [6, 6.07) is 2.11. The number of ether oxygens (including phenoxy) is 2. The lowest BCUT2D eigenvalue weighted by Crippen LogP contribution is -2.46. The Kier molecular flexibility index (Phi) is 5.85. The third-order valence-electron chi connectivity index (χ3n) is 6.21. The van der Waals surface area contributed by atoms with Crippen molar-refractivity contribution in [1.82, 2.24) is 9.80 Å². The standard InChI is InChI=1S/C20H30N2O4S/c1-2-21-7-5-20(6-8-21)16-13-18(27-17(16)4-11-26-20)19(24)22-9-12-25-15(14-22)3-10-23/h13,15,23H,2-12,14H2,1H3. The predicted octanol–water partition coefficient (Wildman–Crippen LogP) is 1.86. The van der Waals surface area contributed by atoms with Crippen LogP contribution in [-0.2, 0) is 21.5 Å². The molecule has 0 bridgehead atoms. The number of carbonyl (C=O) groups excluding carboxylic acids is 1. The fourth-order valence-corrected chi connectivity index (χ4v) is 5.74. The molecular weight excluding hydrogens is 364 g/mol. The van der Waals surface area contributed by atoms with Gasteiger partial charge in [0.15, 0.2) is 0 Å². The Morgan fingerprint density at radius 2 is 2.15 bits per heavy atom. The number of hydrogen-bond acceptors (Lipinski definition) is 6. The molecule has 3 aliphatic heterocycles. The van der Waals surface area contributed by atoms with E-state index in [1.165, 1.54) is 10.4 Å². The van der Waals surface area contributed by atoms with Crippen molar-refractivity contribution in [2.24, 2.45) is 0 Å². The summed E-state index contributed by atoms with van der Waals surface area (Å²) in [6.07, 6.45) is 3.44. The summed E-state index contributed by atoms with van der Waals surface area (Å²) in [6.45, 7) is 7.98. The number of nitrogens with zero attached hydrogens (tertiary/aromatic N) is 2. The molecule has 0 aliphatic carbocycles. The molecule has 1 unspecified atom stereocenters. The topological polar surface area (TPSA) is 62.2 Å². The van der Waals surface area contributed by atoms with Gasteiger partial charge in [-0.15, -0.1) is 11.3 Å². The van der Waals surface area contributed by atoms with Gasteiger partial charge in [0.05, 0.1) is 29.8 Å². The minimum Gasteiger partial charge on any atom is -0.396 e. The molecule has 4 heterocycles. The van der Waals surface area contributed by atoms with E-state index in [2.05, 4.69) is 17.9 Å². The van der Waals surface area contributed by atoms with Crippen molar-refractivity contribution >= 4 is 17.2 Å². The quantitative estimate of drug-likeness (QED) is 0.845. The van der Waals surface area contributed by atoms with E-state index >= 15 is 0 Å². The maximum absolute atomic E-state index is 13.1. The molecule has 1 aromatic heterocycles. The van der Waals surface area contributed by atoms with E-state index in [1.807, 2.05) is 4.90 Å². The molecule has 1 atom stereocenters. The minimum absolute atomic E-state index is 0.0599. The zero-order chi connectivity index (χ0) is 18.9. The number of likely N-dealkylation sites (tertiary alicyclic amines) is 1. The number of aliphatic hydroxyl groups is 1. The van der Waals surface area contributed by atoms with E-state index in [4.69, 9.17) is 14.6 Å². The van der Waals surface area contributed by atoms with Gasteiger partial charge in [0.2, 0.25) is 0 Å². The number of morpholine rings is 1. The third kappa shape index (κ3) is 3.80. The highest BCUT2D eigenvalue weighted by atomic mass is 32.1. The first-order valence-electron chi connectivity index (χ1n) is 10.2. The molecule has 0 radical (unpaired) electrons. The van der Waals surface area contributed by atoms with Crippen LogP contribution >= 0.6 is 11.3 Å². The van der Waals surface area contributed by atoms with Crippen LogP contribution < -0.4 is 0 Å². The lowest BCUT2D eigenvalue weighted by molar-refractivity contribution is -0.0964. The highest BCUT2D eigenvalue weighted by Crippen LogP contribution is 2.44. The van der Waals surface area contributed by atoms with Crippen molar-refractivity contribution in [3.63, 3.8) is 0 Å². The average molecular weight is 395 g/mol. The van der Waals surface area contributed by atoms with Crippen molar-refractivity contribution in [2.75, 3.05) is 52.5 Å². The van der Waals surface area contributed by atoms with Gasteiger partial charge in [0.25, 0.3) is 5.91 Å². The van der Waals surface area contributed by atoms with Crippen LogP contribution in [0.1, 0.15) is 46.3 Å². The maximum Gasteiger partial charge on any atom is 0.264 e. The Balaban J connectivity index is 1.52. The number of amides is 1. The van der Waals surface area contributed by atoms with E-state index < -0.39 is 0 Å². The summed E-state index contributed by atoms with van der Waals surface area (Å²) in [5.41, 5.74) is 1.07. The normalized spacial score (nSPS) is 25.6. The van der Waals surface area contributed by atoms with Crippen LogP contribution in [0, 0.1) is 0 Å². The Hall–Kier alpha value is -0.990. The summed E-state index contributed by atoms with van der Waals surface area (Å²) < 4.78 is 12.0. The summed E-state index contributed by atoms with van der Waals surface area (Å²) >= 11 is 1.65. The molecule has 7 heteroatoms. The number of piperidine rings is 1. The van der Waals surface area contributed by atoms with E-state index in [0.29, 0.717) is 26.1 Å². The smallest absolute Gasteiger partial charge is 0.264 e. The molecule has 1 aromatic rings. The van der Waals surface area contributed by atoms with Gasteiger partial charge in [0.1, 0.15) is 0 Å². The van der Waals surface area contributed by atoms with Gasteiger partial charge in [-0.1, -0.05) is 6.92 Å². The fourth-order valence-electron chi connectivity index (χ4n) is 4.54. The molecule has 3 aliphatic rings. The summed E-state index contributed by atoms with van der Waals surface area (Å²) in [7, 11) is 0. The van der Waals surface area contributed by atoms with Gasteiger partial charge < -0.3 is 24.4 Å². The molecule has 1 amide bonds. The van der Waals surface area contributed by atoms with Crippen molar-refractivity contribution < 1.29 is 19.4 Å². The SMILES string of the molecule is CCN1CCC2(CC1)OCCc1sc(C(=O)N3CCOC(CCO)C3)cc12. The second-order valence-corrected chi connectivity index (χ2v) is 8.87. The molecule has 1 spiro atoms. The van der Waals surface area contributed by atoms with Gasteiger partial charge in [-0.25, -0.2) is 0 Å². The van der Waals surface area contributed by atoms with Crippen molar-refractivity contribution in [2.45, 2.75) is 44.3 Å². The Labute approximate surface area is 165 Å². The molecule has 2 fully saturated rings. The minimum atomic E-state index is -0.196. The number of thiophene rings is 1. The Morgan fingerprint density at radius 1 is 1.33 bits per heavy atom. The first-order valence-corrected chi connectivity index (χ1v) is 11.0. The molecule has 2 saturated heterocycles. The van der Waals surface area contributed by atoms with E-state index in [1.54, 1.807) is 11.3 Å². The second-order valence-electron chi connectivity index (χ2n) is 7.73. The van der Waals surface area contributed by atoms with Crippen LogP contribution in [0.2, 0.25) is 0 Å². The zero-order valence-electron chi connectivity index (χ0n) is 16.1. The second kappa shape index (κ2) is 8.17. The van der Waals surface area contributed by atoms with Gasteiger partial charge in [-0.2, -0.15) is 0 Å². The molecule has 4 rings (SSSR count). The van der Waals surface area contributed by atoms with Crippen LogP contribution in [0.4, 0.5) is 0 Å². The number of rotatable bonds is 4. The first-order chi connectivity index (χ1) is 13.1. The average Bonchev–Trinajstić information content (AvgIpc) is 3.15. The Morgan fingerprint density at radius 3 is 2.89 bits per heavy atom. The first kappa shape index (κ1) is 19.3. The van der Waals surface area contributed by atoms with E-state index in [0.717, 1.165) is 50.4 Å². The van der Waals surface area contributed by atoms with Crippen LogP contribution in [0.5, 0.6) is 0 Å². The summed E-state index contributed by atoms with van der Waals surface area (Å²) in [4.78, 5) is 19.6. The largest absolute Gasteiger partial charge is 0.396 e. The highest BCUT2D eigenvalue weighted by molar-refractivity contribution is 7.14. The fraction of sp³-hybridized carbons (Fsp3) is 0.750. The maximum atomic E-state index is 13.1. The van der Waals surface area contributed by atoms with Gasteiger partial charge in [-0.3, -0.25) is 4.79 Å². The van der Waals surface area contributed by atoms with Crippen LogP contribution in [0.15, 0.2) is 6.07 Å². The lowest BCUT2D eigenvalue weighted by atomic mass is 9.82. The van der Waals surface area contributed by atoms with Crippen molar-refractivity contribution in [3.05, 3.63) is 21.4 Å². The molecular formula is C20H30N2O4S. The van der Waals surface area contributed by atoms with Crippen LogP contribution in [-0.4, -0.2) is 79.5 Å². The number of hydrogen-bond donors (Lipinski definition) is 1. The number of aliphatic hydroxyl groups excluding tert-OH is 1. The summed E-state index contributed by atoms with van der Waals surface area (Å²) in [5.74, 6) is 0.0989. The zero-order valence-corrected chi connectivity index (χ0v) is 16.9. The summed E-state index contributed by atoms with van der Waals surface area (Å²) in [5, 5.41) is 9.15. The predicted molar refractivity (Wildman–Crippen MR) is 104 cm³/mol. The molecule has 27 heavy (non-hydrogen) atoms. The number of carbonyl (C=O) groups is 1.